The van der Waals surface area contributed by atoms with Crippen molar-refractivity contribution in [1.29, 1.82) is 0 Å². The molecule has 0 aromatic carbocycles. The molecule has 0 bridgehead atoms. The molecule has 7 nitrogen and oxygen atoms in total. The molecule has 3 heterocycles. The lowest BCUT2D eigenvalue weighted by atomic mass is 10.2. The van der Waals surface area contributed by atoms with Gasteiger partial charge in [-0.3, -0.25) is 4.79 Å². The number of aliphatic imine (C=N–C) groups is 1. The number of hydrogen-bond acceptors (Lipinski definition) is 5. The minimum atomic E-state index is -1.15. The summed E-state index contributed by atoms with van der Waals surface area (Å²) >= 11 is 1.59. The van der Waals surface area contributed by atoms with Crippen LogP contribution in [0.5, 0.6) is 0 Å². The van der Waals surface area contributed by atoms with E-state index in [-0.39, 0.29) is 18.1 Å². The van der Waals surface area contributed by atoms with Crippen LogP contribution in [-0.4, -0.2) is 69.8 Å². The van der Waals surface area contributed by atoms with Crippen molar-refractivity contribution in [2.45, 2.75) is 63.8 Å². The lowest BCUT2D eigenvalue weighted by Gasteiger charge is -2.27. The van der Waals surface area contributed by atoms with E-state index in [0.717, 1.165) is 53.8 Å². The van der Waals surface area contributed by atoms with E-state index in [2.05, 4.69) is 34.5 Å². The van der Waals surface area contributed by atoms with E-state index in [4.69, 9.17) is 4.74 Å². The highest BCUT2D eigenvalue weighted by molar-refractivity contribution is 8.14. The number of amides is 1. The van der Waals surface area contributed by atoms with Gasteiger partial charge >= 0.3 is 0 Å². The number of nitrogens with zero attached hydrogens (tertiary/aromatic N) is 4. The molecule has 0 spiro atoms. The summed E-state index contributed by atoms with van der Waals surface area (Å²) in [6.45, 7) is 8.89. The molecule has 1 N–H and O–H groups in total. The smallest absolute Gasteiger partial charge is 0.281 e. The summed E-state index contributed by atoms with van der Waals surface area (Å²) in [6.07, 6.45) is 6.00. The Morgan fingerprint density at radius 2 is 2.23 bits per heavy atom. The van der Waals surface area contributed by atoms with Crippen LogP contribution in [0.2, 0.25) is 25.7 Å². The molecule has 1 saturated heterocycles. The largest absolute Gasteiger partial charge is 0.391 e. The van der Waals surface area contributed by atoms with E-state index in [1.165, 1.54) is 0 Å². The first-order valence-corrected chi connectivity index (χ1v) is 15.7. The highest BCUT2D eigenvalue weighted by Crippen LogP contribution is 2.31. The van der Waals surface area contributed by atoms with E-state index < -0.39 is 8.07 Å². The van der Waals surface area contributed by atoms with Crippen LogP contribution in [0.25, 0.3) is 11.0 Å². The van der Waals surface area contributed by atoms with Crippen LogP contribution in [0, 0.1) is 0 Å². The Bertz CT molecular complexity index is 971. The summed E-state index contributed by atoms with van der Waals surface area (Å²) in [7, 11) is -1.15. The molecule has 2 unspecified atom stereocenters. The Morgan fingerprint density at radius 3 is 2.97 bits per heavy atom. The summed E-state index contributed by atoms with van der Waals surface area (Å²) in [5.41, 5.74) is 1.28. The second-order valence-corrected chi connectivity index (χ2v) is 16.2. The van der Waals surface area contributed by atoms with Crippen molar-refractivity contribution in [3.8, 4) is 0 Å². The SMILES string of the molecule is C[Si](C)(C)CCOCn1cc(C(=O)N=C2SCCN2C2CCCC2O)c2cccnc21. The molecular formula is C22H32N4O3SSi. The third kappa shape index (κ3) is 5.22. The predicted octanol–water partition coefficient (Wildman–Crippen LogP) is 3.81. The number of aliphatic hydroxyl groups is 1. The first kappa shape index (κ1) is 22.5. The van der Waals surface area contributed by atoms with Crippen molar-refractivity contribution in [2.75, 3.05) is 18.9 Å². The van der Waals surface area contributed by atoms with Crippen molar-refractivity contribution >= 4 is 41.9 Å². The maximum absolute atomic E-state index is 13.2. The van der Waals surface area contributed by atoms with Crippen LogP contribution in [0.15, 0.2) is 29.5 Å². The number of ether oxygens (including phenoxy) is 1. The molecule has 2 aromatic rings. The van der Waals surface area contributed by atoms with Crippen LogP contribution in [-0.2, 0) is 11.5 Å². The number of rotatable bonds is 7. The van der Waals surface area contributed by atoms with Crippen molar-refractivity contribution < 1.29 is 14.6 Å². The molecule has 2 fully saturated rings. The van der Waals surface area contributed by atoms with Crippen molar-refractivity contribution in [1.82, 2.24) is 14.5 Å². The van der Waals surface area contributed by atoms with Gasteiger partial charge in [-0.1, -0.05) is 31.4 Å². The van der Waals surface area contributed by atoms with Gasteiger partial charge in [0.25, 0.3) is 5.91 Å². The average molecular weight is 461 g/mol. The monoisotopic (exact) mass is 460 g/mol. The summed E-state index contributed by atoms with van der Waals surface area (Å²) in [6, 6.07) is 4.92. The zero-order valence-electron chi connectivity index (χ0n) is 18.6. The Kier molecular flexibility index (Phi) is 6.85. The fourth-order valence-electron chi connectivity index (χ4n) is 4.18. The van der Waals surface area contributed by atoms with E-state index in [1.807, 2.05) is 22.9 Å². The second kappa shape index (κ2) is 9.44. The Morgan fingerprint density at radius 1 is 1.39 bits per heavy atom. The minimum Gasteiger partial charge on any atom is -0.391 e. The number of aromatic nitrogens is 2. The van der Waals surface area contributed by atoms with Gasteiger partial charge in [-0.2, -0.15) is 4.99 Å². The van der Waals surface area contributed by atoms with Gasteiger partial charge in [-0.25, -0.2) is 4.98 Å². The fourth-order valence-corrected chi connectivity index (χ4v) is 5.95. The molecule has 1 aliphatic heterocycles. The Labute approximate surface area is 188 Å². The summed E-state index contributed by atoms with van der Waals surface area (Å²) in [4.78, 5) is 24.2. The van der Waals surface area contributed by atoms with Crippen LogP contribution >= 0.6 is 11.8 Å². The normalized spacial score (nSPS) is 23.4. The van der Waals surface area contributed by atoms with Gasteiger partial charge in [0.05, 0.1) is 17.7 Å². The molecule has 1 amide bonds. The molecule has 1 saturated carbocycles. The Balaban J connectivity index is 1.53. The van der Waals surface area contributed by atoms with Gasteiger partial charge in [0.2, 0.25) is 0 Å². The van der Waals surface area contributed by atoms with Gasteiger partial charge < -0.3 is 19.3 Å². The van der Waals surface area contributed by atoms with E-state index in [0.29, 0.717) is 18.9 Å². The number of hydrogen-bond donors (Lipinski definition) is 1. The van der Waals surface area contributed by atoms with Crippen LogP contribution in [0.4, 0.5) is 0 Å². The summed E-state index contributed by atoms with van der Waals surface area (Å²) in [5, 5.41) is 11.8. The zero-order chi connectivity index (χ0) is 22.0. The molecule has 2 atom stereocenters. The number of carbonyl (C=O) groups is 1. The van der Waals surface area contributed by atoms with Gasteiger partial charge in [-0.15, -0.1) is 0 Å². The third-order valence-corrected chi connectivity index (χ3v) is 8.62. The van der Waals surface area contributed by atoms with E-state index in [9.17, 15) is 9.90 Å². The molecule has 0 radical (unpaired) electrons. The topological polar surface area (TPSA) is 80.0 Å². The number of carbonyl (C=O) groups excluding carboxylic acids is 1. The van der Waals surface area contributed by atoms with Gasteiger partial charge in [0.1, 0.15) is 12.4 Å². The molecule has 168 valence electrons. The first-order chi connectivity index (χ1) is 14.8. The van der Waals surface area contributed by atoms with Gasteiger partial charge in [-0.05, 0) is 37.4 Å². The van der Waals surface area contributed by atoms with Crippen LogP contribution in [0.1, 0.15) is 29.6 Å². The average Bonchev–Trinajstić information content (AvgIpc) is 3.43. The zero-order valence-corrected chi connectivity index (χ0v) is 20.4. The predicted molar refractivity (Wildman–Crippen MR) is 128 cm³/mol. The molecule has 9 heteroatoms. The second-order valence-electron chi connectivity index (χ2n) is 9.54. The third-order valence-electron chi connectivity index (χ3n) is 5.94. The molecule has 2 aliphatic rings. The van der Waals surface area contributed by atoms with Gasteiger partial charge in [0.15, 0.2) is 5.17 Å². The quantitative estimate of drug-likeness (QED) is 0.500. The maximum Gasteiger partial charge on any atom is 0.281 e. The Hall–Kier alpha value is -1.68. The maximum atomic E-state index is 13.2. The highest BCUT2D eigenvalue weighted by atomic mass is 32.2. The number of fused-ring (bicyclic) bond motifs is 1. The number of pyridine rings is 1. The lowest BCUT2D eigenvalue weighted by molar-refractivity contribution is 0.0894. The van der Waals surface area contributed by atoms with Crippen LogP contribution < -0.4 is 0 Å². The molecule has 4 rings (SSSR count). The molecule has 31 heavy (non-hydrogen) atoms. The number of amidine groups is 1. The summed E-state index contributed by atoms with van der Waals surface area (Å²) < 4.78 is 7.79. The summed E-state index contributed by atoms with van der Waals surface area (Å²) in [5.74, 6) is 0.629. The van der Waals surface area contributed by atoms with Crippen molar-refractivity contribution in [3.63, 3.8) is 0 Å². The number of thioether (sulfide) groups is 1. The highest BCUT2D eigenvalue weighted by Gasteiger charge is 2.35. The molecular weight excluding hydrogens is 428 g/mol. The van der Waals surface area contributed by atoms with Crippen molar-refractivity contribution in [2.24, 2.45) is 4.99 Å². The van der Waals surface area contributed by atoms with E-state index >= 15 is 0 Å². The van der Waals surface area contributed by atoms with Crippen LogP contribution in [0.3, 0.4) is 0 Å². The molecule has 1 aliphatic carbocycles. The standard InChI is InChI=1S/C22H32N4O3SSi/c1-31(2,3)13-11-29-15-25-14-17(16-6-5-9-23-20(16)25)21(28)24-22-26(10-12-30-22)18-7-4-8-19(18)27/h5-6,9,14,18-19,27H,4,7-8,10-13,15H2,1-3H3. The number of aliphatic hydroxyl groups excluding tert-OH is 1. The lowest BCUT2D eigenvalue weighted by Crippen LogP contribution is -2.41. The first-order valence-electron chi connectivity index (χ1n) is 11.1. The molecule has 2 aromatic heterocycles. The minimum absolute atomic E-state index is 0.0734. The van der Waals surface area contributed by atoms with E-state index in [1.54, 1.807) is 18.0 Å². The fraction of sp³-hybridized carbons (Fsp3) is 0.591. The van der Waals surface area contributed by atoms with Crippen molar-refractivity contribution in [3.05, 3.63) is 30.1 Å². The van der Waals surface area contributed by atoms with Gasteiger partial charge in [0, 0.05) is 44.8 Å².